The minimum Gasteiger partial charge on any atom is -0.314 e. The first kappa shape index (κ1) is 16.0. The maximum atomic E-state index is 11.5. The molecular weight excluding hydrogens is 246 g/mol. The second kappa shape index (κ2) is 7.49. The minimum absolute atomic E-state index is 0.378. The Kier molecular flexibility index (Phi) is 6.64. The van der Waals surface area contributed by atoms with E-state index in [9.17, 15) is 8.42 Å². The van der Waals surface area contributed by atoms with Crippen molar-refractivity contribution in [2.45, 2.75) is 58.9 Å². The summed E-state index contributed by atoms with van der Waals surface area (Å²) in [6.45, 7) is 7.72. The molecule has 0 aliphatic carbocycles. The molecule has 0 spiro atoms. The minimum atomic E-state index is -2.73. The van der Waals surface area contributed by atoms with Crippen LogP contribution in [0.2, 0.25) is 0 Å². The Hall–Kier alpha value is -0.0900. The first-order chi connectivity index (χ1) is 8.48. The van der Waals surface area contributed by atoms with Crippen molar-refractivity contribution in [3.8, 4) is 0 Å². The molecule has 1 saturated heterocycles. The smallest absolute Gasteiger partial charge is 0.150 e. The maximum absolute atomic E-state index is 11.5. The highest BCUT2D eigenvalue weighted by molar-refractivity contribution is 7.91. The van der Waals surface area contributed by atoms with Crippen LogP contribution >= 0.6 is 0 Å². The predicted octanol–water partition coefficient (Wildman–Crippen LogP) is 2.62. The second-order valence-corrected chi connectivity index (χ2v) is 8.06. The quantitative estimate of drug-likeness (QED) is 0.740. The van der Waals surface area contributed by atoms with Gasteiger partial charge in [0.15, 0.2) is 9.84 Å². The van der Waals surface area contributed by atoms with Gasteiger partial charge in [0.2, 0.25) is 0 Å². The Morgan fingerprint density at radius 2 is 2.00 bits per heavy atom. The molecule has 1 aliphatic heterocycles. The lowest BCUT2D eigenvalue weighted by Gasteiger charge is -2.27. The zero-order valence-electron chi connectivity index (χ0n) is 12.1. The van der Waals surface area contributed by atoms with Gasteiger partial charge in [0, 0.05) is 6.04 Å². The molecule has 1 fully saturated rings. The van der Waals surface area contributed by atoms with E-state index in [0.29, 0.717) is 29.4 Å². The average molecular weight is 275 g/mol. The van der Waals surface area contributed by atoms with E-state index < -0.39 is 9.84 Å². The van der Waals surface area contributed by atoms with Crippen molar-refractivity contribution in [2.75, 3.05) is 18.1 Å². The molecule has 0 aromatic carbocycles. The third-order valence-electron chi connectivity index (χ3n) is 4.00. The van der Waals surface area contributed by atoms with Gasteiger partial charge in [-0.2, -0.15) is 0 Å². The van der Waals surface area contributed by atoms with Crippen molar-refractivity contribution in [2.24, 2.45) is 11.8 Å². The number of nitrogens with one attached hydrogen (secondary N) is 1. The third kappa shape index (κ3) is 5.27. The Morgan fingerprint density at radius 1 is 1.28 bits per heavy atom. The monoisotopic (exact) mass is 275 g/mol. The fourth-order valence-electron chi connectivity index (χ4n) is 2.92. The van der Waals surface area contributed by atoms with E-state index in [1.165, 1.54) is 12.8 Å². The molecule has 3 atom stereocenters. The molecule has 0 bridgehead atoms. The predicted molar refractivity (Wildman–Crippen MR) is 77.5 cm³/mol. The van der Waals surface area contributed by atoms with Crippen LogP contribution in [-0.2, 0) is 9.84 Å². The number of rotatable bonds is 8. The molecule has 18 heavy (non-hydrogen) atoms. The van der Waals surface area contributed by atoms with Crippen molar-refractivity contribution in [3.05, 3.63) is 0 Å². The van der Waals surface area contributed by atoms with Crippen molar-refractivity contribution < 1.29 is 8.42 Å². The van der Waals surface area contributed by atoms with Gasteiger partial charge in [0.05, 0.1) is 11.5 Å². The SMILES string of the molecule is CCCNC(CC1CCS(=O)(=O)C1)C(C)CCC. The Labute approximate surface area is 113 Å². The zero-order valence-corrected chi connectivity index (χ0v) is 12.9. The normalized spacial score (nSPS) is 26.1. The molecule has 0 radical (unpaired) electrons. The first-order valence-corrected chi connectivity index (χ1v) is 9.24. The summed E-state index contributed by atoms with van der Waals surface area (Å²) in [5, 5.41) is 3.61. The summed E-state index contributed by atoms with van der Waals surface area (Å²) >= 11 is 0. The maximum Gasteiger partial charge on any atom is 0.150 e. The van der Waals surface area contributed by atoms with E-state index in [0.717, 1.165) is 25.8 Å². The molecule has 3 unspecified atom stereocenters. The Morgan fingerprint density at radius 3 is 2.50 bits per heavy atom. The molecule has 0 amide bonds. The molecular formula is C14H29NO2S. The molecule has 1 heterocycles. The van der Waals surface area contributed by atoms with Gasteiger partial charge in [0.25, 0.3) is 0 Å². The number of hydrogen-bond acceptors (Lipinski definition) is 3. The Balaban J connectivity index is 2.50. The summed E-state index contributed by atoms with van der Waals surface area (Å²) in [6.07, 6.45) is 5.46. The van der Waals surface area contributed by atoms with Crippen LogP contribution in [0.1, 0.15) is 52.9 Å². The van der Waals surface area contributed by atoms with Crippen molar-refractivity contribution in [1.29, 1.82) is 0 Å². The number of hydrogen-bond donors (Lipinski definition) is 1. The van der Waals surface area contributed by atoms with Crippen molar-refractivity contribution >= 4 is 9.84 Å². The molecule has 1 N–H and O–H groups in total. The molecule has 1 rings (SSSR count). The second-order valence-electron chi connectivity index (χ2n) is 5.83. The van der Waals surface area contributed by atoms with Gasteiger partial charge in [0.1, 0.15) is 0 Å². The third-order valence-corrected chi connectivity index (χ3v) is 5.84. The summed E-state index contributed by atoms with van der Waals surface area (Å²) in [7, 11) is -2.73. The largest absolute Gasteiger partial charge is 0.314 e. The van der Waals surface area contributed by atoms with Crippen LogP contribution in [0.3, 0.4) is 0 Å². The van der Waals surface area contributed by atoms with Crippen LogP contribution in [0.5, 0.6) is 0 Å². The molecule has 3 nitrogen and oxygen atoms in total. The van der Waals surface area contributed by atoms with Crippen LogP contribution in [0.4, 0.5) is 0 Å². The first-order valence-electron chi connectivity index (χ1n) is 7.42. The van der Waals surface area contributed by atoms with Crippen molar-refractivity contribution in [1.82, 2.24) is 5.32 Å². The summed E-state index contributed by atoms with van der Waals surface area (Å²) in [5.41, 5.74) is 0. The summed E-state index contributed by atoms with van der Waals surface area (Å²) in [5.74, 6) is 1.84. The summed E-state index contributed by atoms with van der Waals surface area (Å²) in [4.78, 5) is 0. The summed E-state index contributed by atoms with van der Waals surface area (Å²) in [6, 6.07) is 0.489. The van der Waals surface area contributed by atoms with E-state index in [1.807, 2.05) is 0 Å². The van der Waals surface area contributed by atoms with Gasteiger partial charge in [-0.1, -0.05) is 27.2 Å². The lowest BCUT2D eigenvalue weighted by molar-refractivity contribution is 0.302. The standard InChI is InChI=1S/C14H29NO2S/c1-4-6-12(3)14(15-8-5-2)10-13-7-9-18(16,17)11-13/h12-15H,4-11H2,1-3H3. The van der Waals surface area contributed by atoms with Crippen LogP contribution in [0.25, 0.3) is 0 Å². The molecule has 0 saturated carbocycles. The molecule has 0 aromatic heterocycles. The Bertz CT molecular complexity index is 327. The fraction of sp³-hybridized carbons (Fsp3) is 1.00. The highest BCUT2D eigenvalue weighted by Gasteiger charge is 2.30. The molecule has 108 valence electrons. The average Bonchev–Trinajstić information content (AvgIpc) is 2.64. The van der Waals surface area contributed by atoms with E-state index in [1.54, 1.807) is 0 Å². The fourth-order valence-corrected chi connectivity index (χ4v) is 4.80. The molecule has 1 aliphatic rings. The van der Waals surface area contributed by atoms with Crippen LogP contribution in [-0.4, -0.2) is 32.5 Å². The summed E-state index contributed by atoms with van der Waals surface area (Å²) < 4.78 is 23.0. The van der Waals surface area contributed by atoms with E-state index in [-0.39, 0.29) is 0 Å². The van der Waals surface area contributed by atoms with E-state index in [2.05, 4.69) is 26.1 Å². The van der Waals surface area contributed by atoms with E-state index in [4.69, 9.17) is 0 Å². The van der Waals surface area contributed by atoms with Crippen LogP contribution in [0.15, 0.2) is 0 Å². The topological polar surface area (TPSA) is 46.2 Å². The zero-order chi connectivity index (χ0) is 13.6. The van der Waals surface area contributed by atoms with Gasteiger partial charge in [-0.05, 0) is 44.1 Å². The van der Waals surface area contributed by atoms with Crippen LogP contribution < -0.4 is 5.32 Å². The van der Waals surface area contributed by atoms with Gasteiger partial charge >= 0.3 is 0 Å². The highest BCUT2D eigenvalue weighted by atomic mass is 32.2. The van der Waals surface area contributed by atoms with Crippen LogP contribution in [0, 0.1) is 11.8 Å². The molecule has 4 heteroatoms. The van der Waals surface area contributed by atoms with Gasteiger partial charge in [-0.15, -0.1) is 0 Å². The lowest BCUT2D eigenvalue weighted by Crippen LogP contribution is -2.37. The van der Waals surface area contributed by atoms with Gasteiger partial charge < -0.3 is 5.32 Å². The van der Waals surface area contributed by atoms with E-state index >= 15 is 0 Å². The van der Waals surface area contributed by atoms with Gasteiger partial charge in [-0.3, -0.25) is 0 Å². The van der Waals surface area contributed by atoms with Gasteiger partial charge in [-0.25, -0.2) is 8.42 Å². The number of sulfone groups is 1. The molecule has 0 aromatic rings. The lowest BCUT2D eigenvalue weighted by atomic mass is 9.88. The van der Waals surface area contributed by atoms with Crippen molar-refractivity contribution in [3.63, 3.8) is 0 Å². The highest BCUT2D eigenvalue weighted by Crippen LogP contribution is 2.26.